The summed E-state index contributed by atoms with van der Waals surface area (Å²) in [7, 11) is -4.26. The van der Waals surface area contributed by atoms with Crippen LogP contribution in [0, 0.1) is 26.2 Å². The maximum absolute atomic E-state index is 13.3. The molecule has 2 amide bonds. The van der Waals surface area contributed by atoms with E-state index in [-0.39, 0.29) is 22.3 Å². The molecule has 0 N–H and O–H groups in total. The highest BCUT2D eigenvalue weighted by Gasteiger charge is 2.36. The van der Waals surface area contributed by atoms with E-state index in [9.17, 15) is 18.0 Å². The lowest BCUT2D eigenvalue weighted by Crippen LogP contribution is -2.40. The van der Waals surface area contributed by atoms with Crippen molar-refractivity contribution in [1.29, 1.82) is 0 Å². The third-order valence-electron chi connectivity index (χ3n) is 5.89. The fourth-order valence-corrected chi connectivity index (χ4v) is 5.75. The highest BCUT2D eigenvalue weighted by atomic mass is 32.2. The Labute approximate surface area is 198 Å². The van der Waals surface area contributed by atoms with Gasteiger partial charge in [0.05, 0.1) is 19.0 Å². The van der Waals surface area contributed by atoms with E-state index in [0.717, 1.165) is 5.56 Å². The molecule has 2 heterocycles. The van der Waals surface area contributed by atoms with E-state index in [1.54, 1.807) is 42.2 Å². The lowest BCUT2D eigenvalue weighted by Gasteiger charge is -2.24. The van der Waals surface area contributed by atoms with E-state index >= 15 is 0 Å². The van der Waals surface area contributed by atoms with Crippen LogP contribution in [-0.4, -0.2) is 36.2 Å². The third-order valence-corrected chi connectivity index (χ3v) is 7.88. The van der Waals surface area contributed by atoms with Crippen molar-refractivity contribution in [3.05, 3.63) is 76.7 Å². The Hall–Kier alpha value is -3.90. The van der Waals surface area contributed by atoms with Gasteiger partial charge < -0.3 is 9.42 Å². The molecule has 0 radical (unpaired) electrons. The minimum absolute atomic E-state index is 0.0839. The minimum Gasteiger partial charge on any atom is -0.360 e. The molecule has 2 aromatic carbocycles. The predicted octanol–water partition coefficient (Wildman–Crippen LogP) is 3.41. The van der Waals surface area contributed by atoms with Crippen molar-refractivity contribution in [2.45, 2.75) is 38.1 Å². The Bertz CT molecular complexity index is 1400. The number of fused-ring (bicyclic) bond motifs is 1. The number of aromatic nitrogens is 1. The third kappa shape index (κ3) is 3.86. The fourth-order valence-electron chi connectivity index (χ4n) is 4.08. The first-order chi connectivity index (χ1) is 16.2. The number of sulfonamides is 1. The van der Waals surface area contributed by atoms with E-state index in [1.165, 1.54) is 13.8 Å². The van der Waals surface area contributed by atoms with Gasteiger partial charge in [-0.2, -0.15) is 0 Å². The smallest absolute Gasteiger partial charge is 0.272 e. The molecule has 0 fully saturated rings. The highest BCUT2D eigenvalue weighted by molar-refractivity contribution is 7.89. The number of nitrogens with zero attached hydrogens (tertiary/aromatic N) is 3. The zero-order chi connectivity index (χ0) is 24.6. The maximum Gasteiger partial charge on any atom is 0.272 e. The summed E-state index contributed by atoms with van der Waals surface area (Å²) in [5, 5.41) is 3.68. The second-order valence-corrected chi connectivity index (χ2v) is 9.87. The molecule has 0 spiro atoms. The summed E-state index contributed by atoms with van der Waals surface area (Å²) in [4.78, 5) is 27.5. The molecule has 4 rings (SSSR count). The number of hydrogen-bond donors (Lipinski definition) is 0. The minimum atomic E-state index is -4.26. The predicted molar refractivity (Wildman–Crippen MR) is 126 cm³/mol. The Kier molecular flexibility index (Phi) is 6.02. The molecule has 0 bridgehead atoms. The van der Waals surface area contributed by atoms with Crippen LogP contribution in [0.2, 0.25) is 0 Å². The topological polar surface area (TPSA) is 101 Å². The van der Waals surface area contributed by atoms with E-state index < -0.39 is 28.4 Å². The quantitative estimate of drug-likeness (QED) is 0.505. The summed E-state index contributed by atoms with van der Waals surface area (Å²) in [6.45, 7) is 4.61. The van der Waals surface area contributed by atoms with Crippen LogP contribution in [0.1, 0.15) is 45.8 Å². The van der Waals surface area contributed by atoms with Crippen molar-refractivity contribution in [3.63, 3.8) is 0 Å². The van der Waals surface area contributed by atoms with Gasteiger partial charge in [0, 0.05) is 11.3 Å². The number of amides is 2. The van der Waals surface area contributed by atoms with Crippen LogP contribution in [0.5, 0.6) is 0 Å². The number of hydrogen-bond acceptors (Lipinski definition) is 6. The molecule has 1 aromatic heterocycles. The van der Waals surface area contributed by atoms with E-state index in [0.29, 0.717) is 27.7 Å². The van der Waals surface area contributed by atoms with Crippen molar-refractivity contribution < 1.29 is 22.5 Å². The number of aryl methyl sites for hydroxylation is 2. The number of carbonyl (C=O) groups excluding carboxylic acids is 2. The van der Waals surface area contributed by atoms with Gasteiger partial charge in [-0.3, -0.25) is 9.59 Å². The number of rotatable bonds is 6. The van der Waals surface area contributed by atoms with Crippen molar-refractivity contribution in [2.24, 2.45) is 0 Å². The number of terminal acetylenes is 1. The van der Waals surface area contributed by atoms with Gasteiger partial charge in [-0.1, -0.05) is 41.4 Å². The first-order valence-corrected chi connectivity index (χ1v) is 12.0. The number of benzene rings is 2. The van der Waals surface area contributed by atoms with Gasteiger partial charge in [-0.25, -0.2) is 12.7 Å². The van der Waals surface area contributed by atoms with Crippen molar-refractivity contribution in [1.82, 2.24) is 9.46 Å². The first kappa shape index (κ1) is 23.3. The van der Waals surface area contributed by atoms with Crippen LogP contribution in [0.25, 0.3) is 0 Å². The fraction of sp³-hybridized carbons (Fsp3) is 0.240. The number of anilines is 1. The van der Waals surface area contributed by atoms with Crippen LogP contribution in [0.3, 0.4) is 0 Å². The van der Waals surface area contributed by atoms with Crippen molar-refractivity contribution in [3.8, 4) is 12.3 Å². The van der Waals surface area contributed by atoms with E-state index in [1.807, 2.05) is 18.2 Å². The Morgan fingerprint density at radius 3 is 2.47 bits per heavy atom. The van der Waals surface area contributed by atoms with Crippen LogP contribution in [0.15, 0.2) is 57.9 Å². The van der Waals surface area contributed by atoms with Gasteiger partial charge in [0.25, 0.3) is 15.9 Å². The lowest BCUT2D eigenvalue weighted by molar-refractivity contribution is -0.127. The molecule has 1 atom stereocenters. The standard InChI is InChI=1S/C25H23N3O5S/c1-5-14-28(34(31,32)23-17(3)26-33-18(23)4)24(29)16(2)19-10-12-21(13-11-19)27-15-20-8-6-7-9-22(20)25(27)30/h1,6-13,16H,14-15H2,2-4H3. The zero-order valence-corrected chi connectivity index (χ0v) is 19.8. The molecule has 0 saturated heterocycles. The van der Waals surface area contributed by atoms with E-state index in [4.69, 9.17) is 10.9 Å². The van der Waals surface area contributed by atoms with Crippen molar-refractivity contribution in [2.75, 3.05) is 11.4 Å². The number of carbonyl (C=O) groups is 2. The van der Waals surface area contributed by atoms with Crippen LogP contribution >= 0.6 is 0 Å². The van der Waals surface area contributed by atoms with Crippen LogP contribution in [0.4, 0.5) is 5.69 Å². The molecule has 0 aliphatic carbocycles. The summed E-state index contributed by atoms with van der Waals surface area (Å²) >= 11 is 0. The SMILES string of the molecule is C#CCN(C(=O)C(C)c1ccc(N2Cc3ccccc3C2=O)cc1)S(=O)(=O)c1c(C)noc1C. The normalized spacial score (nSPS) is 13.9. The van der Waals surface area contributed by atoms with Gasteiger partial charge >= 0.3 is 0 Å². The highest BCUT2D eigenvalue weighted by Crippen LogP contribution is 2.31. The van der Waals surface area contributed by atoms with E-state index in [2.05, 4.69) is 11.1 Å². The summed E-state index contributed by atoms with van der Waals surface area (Å²) < 4.78 is 32.1. The van der Waals surface area contributed by atoms with Crippen LogP contribution in [-0.2, 0) is 21.4 Å². The lowest BCUT2D eigenvalue weighted by atomic mass is 10.00. The molecule has 3 aromatic rings. The monoisotopic (exact) mass is 477 g/mol. The maximum atomic E-state index is 13.3. The second kappa shape index (κ2) is 8.80. The van der Waals surface area contributed by atoms with Gasteiger partial charge in [-0.15, -0.1) is 6.42 Å². The molecule has 1 unspecified atom stereocenters. The average molecular weight is 478 g/mol. The van der Waals surface area contributed by atoms with Gasteiger partial charge in [0.2, 0.25) is 5.91 Å². The Morgan fingerprint density at radius 2 is 1.88 bits per heavy atom. The van der Waals surface area contributed by atoms with Gasteiger partial charge in [0.15, 0.2) is 10.7 Å². The molecule has 0 saturated carbocycles. The zero-order valence-electron chi connectivity index (χ0n) is 19.0. The molecule has 8 nitrogen and oxygen atoms in total. The largest absolute Gasteiger partial charge is 0.360 e. The second-order valence-electron chi connectivity index (χ2n) is 8.07. The summed E-state index contributed by atoms with van der Waals surface area (Å²) in [5.41, 5.74) is 3.06. The molecule has 1 aliphatic rings. The van der Waals surface area contributed by atoms with Crippen LogP contribution < -0.4 is 4.90 Å². The molecule has 1 aliphatic heterocycles. The Balaban J connectivity index is 1.58. The summed E-state index contributed by atoms with van der Waals surface area (Å²) in [6, 6.07) is 14.4. The van der Waals surface area contributed by atoms with Gasteiger partial charge in [0.1, 0.15) is 5.69 Å². The molecule has 34 heavy (non-hydrogen) atoms. The Morgan fingerprint density at radius 1 is 1.21 bits per heavy atom. The van der Waals surface area contributed by atoms with Gasteiger partial charge in [-0.05, 0) is 50.1 Å². The molecular weight excluding hydrogens is 454 g/mol. The molecular formula is C25H23N3O5S. The summed E-state index contributed by atoms with van der Waals surface area (Å²) in [5.74, 6) is 0.779. The molecule has 174 valence electrons. The summed E-state index contributed by atoms with van der Waals surface area (Å²) in [6.07, 6.45) is 5.39. The first-order valence-electron chi connectivity index (χ1n) is 10.6. The average Bonchev–Trinajstić information content (AvgIpc) is 3.35. The van der Waals surface area contributed by atoms with Crippen molar-refractivity contribution >= 4 is 27.5 Å². The molecule has 9 heteroatoms.